The van der Waals surface area contributed by atoms with Crippen molar-refractivity contribution in [3.8, 4) is 0 Å². The van der Waals surface area contributed by atoms with Gasteiger partial charge >= 0.3 is 5.97 Å². The summed E-state index contributed by atoms with van der Waals surface area (Å²) < 4.78 is 4.95. The van der Waals surface area contributed by atoms with Crippen LogP contribution in [-0.2, 0) is 14.3 Å². The molecule has 0 aromatic heterocycles. The number of esters is 1. The summed E-state index contributed by atoms with van der Waals surface area (Å²) in [6.07, 6.45) is 3.26. The van der Waals surface area contributed by atoms with Gasteiger partial charge in [0.05, 0.1) is 12.8 Å². The minimum Gasteiger partial charge on any atom is -0.468 e. The number of piperidine rings is 1. The molecule has 1 amide bonds. The van der Waals surface area contributed by atoms with Crippen LogP contribution < -0.4 is 10.3 Å². The molecule has 6 nitrogen and oxygen atoms in total. The first-order valence-electron chi connectivity index (χ1n) is 8.66. The van der Waals surface area contributed by atoms with Gasteiger partial charge in [-0.15, -0.1) is 0 Å². The van der Waals surface area contributed by atoms with E-state index in [4.69, 9.17) is 4.74 Å². The standard InChI is InChI=1S/C18H25N3O3/c1-24-18(23)16-8-5-13-20(16)21(15-6-3-2-4-7-15)17(22)14-9-11-19-12-10-14/h2-4,6-7,14,16,19H,5,8-13H2,1H3. The molecule has 2 fully saturated rings. The highest BCUT2D eigenvalue weighted by atomic mass is 16.5. The molecule has 2 heterocycles. The monoisotopic (exact) mass is 331 g/mol. The highest BCUT2D eigenvalue weighted by Crippen LogP contribution is 2.29. The number of methoxy groups -OCH3 is 1. The quantitative estimate of drug-likeness (QED) is 0.849. The lowest BCUT2D eigenvalue weighted by Crippen LogP contribution is -2.54. The Bertz CT molecular complexity index is 572. The molecule has 0 bridgehead atoms. The Kier molecular flexibility index (Phi) is 5.48. The molecule has 1 N–H and O–H groups in total. The van der Waals surface area contributed by atoms with Crippen LogP contribution in [0, 0.1) is 5.92 Å². The molecule has 3 rings (SSSR count). The lowest BCUT2D eigenvalue weighted by atomic mass is 9.97. The van der Waals surface area contributed by atoms with Crippen LogP contribution >= 0.6 is 0 Å². The summed E-state index contributed by atoms with van der Waals surface area (Å²) in [7, 11) is 1.40. The number of hydrogen-bond acceptors (Lipinski definition) is 5. The summed E-state index contributed by atoms with van der Waals surface area (Å²) in [5.41, 5.74) is 0.817. The fourth-order valence-electron chi connectivity index (χ4n) is 3.58. The summed E-state index contributed by atoms with van der Waals surface area (Å²) in [5, 5.41) is 6.92. The Morgan fingerprint density at radius 1 is 1.17 bits per heavy atom. The largest absolute Gasteiger partial charge is 0.468 e. The molecule has 2 aliphatic rings. The highest BCUT2D eigenvalue weighted by Gasteiger charge is 2.40. The molecule has 24 heavy (non-hydrogen) atoms. The maximum atomic E-state index is 13.2. The van der Waals surface area contributed by atoms with E-state index in [0.717, 1.165) is 44.5 Å². The van der Waals surface area contributed by atoms with Gasteiger partial charge in [-0.2, -0.15) is 5.01 Å². The van der Waals surface area contributed by atoms with E-state index in [1.807, 2.05) is 35.3 Å². The second kappa shape index (κ2) is 7.77. The van der Waals surface area contributed by atoms with Crippen molar-refractivity contribution in [2.24, 2.45) is 5.92 Å². The number of carbonyl (C=O) groups is 2. The summed E-state index contributed by atoms with van der Waals surface area (Å²) in [6.45, 7) is 2.41. The van der Waals surface area contributed by atoms with Gasteiger partial charge in [-0.3, -0.25) is 9.59 Å². The minimum absolute atomic E-state index is 0.00893. The van der Waals surface area contributed by atoms with Crippen LogP contribution in [0.15, 0.2) is 30.3 Å². The molecule has 1 atom stereocenters. The van der Waals surface area contributed by atoms with Crippen molar-refractivity contribution in [1.82, 2.24) is 10.3 Å². The molecule has 2 aliphatic heterocycles. The van der Waals surface area contributed by atoms with E-state index in [0.29, 0.717) is 6.54 Å². The first kappa shape index (κ1) is 16.9. The van der Waals surface area contributed by atoms with E-state index in [1.54, 1.807) is 5.01 Å². The van der Waals surface area contributed by atoms with Crippen molar-refractivity contribution >= 4 is 17.6 Å². The molecule has 130 valence electrons. The number of amides is 1. The average Bonchev–Trinajstić information content (AvgIpc) is 3.12. The normalized spacial score (nSPS) is 22.3. The van der Waals surface area contributed by atoms with E-state index in [2.05, 4.69) is 5.32 Å². The predicted molar refractivity (Wildman–Crippen MR) is 91.3 cm³/mol. The van der Waals surface area contributed by atoms with E-state index in [1.165, 1.54) is 7.11 Å². The molecule has 0 aliphatic carbocycles. The van der Waals surface area contributed by atoms with Crippen molar-refractivity contribution in [1.29, 1.82) is 0 Å². The molecule has 0 saturated carbocycles. The van der Waals surface area contributed by atoms with Crippen LogP contribution in [0.25, 0.3) is 0 Å². The van der Waals surface area contributed by atoms with Crippen molar-refractivity contribution in [2.75, 3.05) is 31.8 Å². The smallest absolute Gasteiger partial charge is 0.324 e. The average molecular weight is 331 g/mol. The molecule has 0 radical (unpaired) electrons. The van der Waals surface area contributed by atoms with E-state index in [9.17, 15) is 9.59 Å². The number of hydrazine groups is 1. The molecule has 1 unspecified atom stereocenters. The second-order valence-electron chi connectivity index (χ2n) is 6.35. The molecular weight excluding hydrogens is 306 g/mol. The Labute approximate surface area is 142 Å². The van der Waals surface area contributed by atoms with E-state index in [-0.39, 0.29) is 23.8 Å². The lowest BCUT2D eigenvalue weighted by Gasteiger charge is -2.38. The van der Waals surface area contributed by atoms with Crippen LogP contribution in [0.4, 0.5) is 5.69 Å². The number of rotatable bonds is 4. The predicted octanol–water partition coefficient (Wildman–Crippen LogP) is 1.57. The number of carbonyl (C=O) groups excluding carboxylic acids is 2. The summed E-state index contributed by atoms with van der Waals surface area (Å²) >= 11 is 0. The van der Waals surface area contributed by atoms with Crippen LogP contribution in [-0.4, -0.2) is 49.7 Å². The molecule has 0 spiro atoms. The second-order valence-corrected chi connectivity index (χ2v) is 6.35. The van der Waals surface area contributed by atoms with Crippen molar-refractivity contribution in [3.63, 3.8) is 0 Å². The third kappa shape index (κ3) is 3.44. The summed E-state index contributed by atoms with van der Waals surface area (Å²) in [4.78, 5) is 25.4. The fraction of sp³-hybridized carbons (Fsp3) is 0.556. The Balaban J connectivity index is 1.90. The van der Waals surface area contributed by atoms with E-state index < -0.39 is 0 Å². The fourth-order valence-corrected chi connectivity index (χ4v) is 3.58. The molecule has 2 saturated heterocycles. The van der Waals surface area contributed by atoms with E-state index >= 15 is 0 Å². The van der Waals surface area contributed by atoms with Crippen LogP contribution in [0.1, 0.15) is 25.7 Å². The summed E-state index contributed by atoms with van der Waals surface area (Å²) in [6, 6.07) is 9.22. The maximum absolute atomic E-state index is 13.2. The number of anilines is 1. The van der Waals surface area contributed by atoms with Gasteiger partial charge in [0.15, 0.2) is 0 Å². The Hall–Kier alpha value is -1.92. The number of nitrogens with zero attached hydrogens (tertiary/aromatic N) is 2. The molecule has 1 aromatic carbocycles. The van der Waals surface area contributed by atoms with Crippen molar-refractivity contribution in [2.45, 2.75) is 31.7 Å². The highest BCUT2D eigenvalue weighted by molar-refractivity contribution is 5.95. The van der Waals surface area contributed by atoms with Crippen molar-refractivity contribution in [3.05, 3.63) is 30.3 Å². The van der Waals surface area contributed by atoms with Gasteiger partial charge in [-0.1, -0.05) is 18.2 Å². The lowest BCUT2D eigenvalue weighted by molar-refractivity contribution is -0.146. The van der Waals surface area contributed by atoms with Crippen LogP contribution in [0.5, 0.6) is 0 Å². The van der Waals surface area contributed by atoms with Gasteiger partial charge in [0.25, 0.3) is 0 Å². The zero-order valence-electron chi connectivity index (χ0n) is 14.1. The number of ether oxygens (including phenoxy) is 1. The Morgan fingerprint density at radius 3 is 2.54 bits per heavy atom. The zero-order chi connectivity index (χ0) is 16.9. The first-order valence-corrected chi connectivity index (χ1v) is 8.66. The van der Waals surface area contributed by atoms with Crippen LogP contribution in [0.3, 0.4) is 0 Å². The number of benzene rings is 1. The minimum atomic E-state index is -0.388. The van der Waals surface area contributed by atoms with Gasteiger partial charge in [0.2, 0.25) is 5.91 Å². The van der Waals surface area contributed by atoms with Crippen molar-refractivity contribution < 1.29 is 14.3 Å². The van der Waals surface area contributed by atoms with Gasteiger partial charge in [0.1, 0.15) is 6.04 Å². The summed E-state index contributed by atoms with van der Waals surface area (Å²) in [5.74, 6) is -0.199. The molecule has 6 heteroatoms. The molecule has 1 aromatic rings. The van der Waals surface area contributed by atoms with Gasteiger partial charge in [0, 0.05) is 12.5 Å². The topological polar surface area (TPSA) is 61.9 Å². The number of nitrogens with one attached hydrogen (secondary N) is 1. The number of hydrogen-bond donors (Lipinski definition) is 1. The van der Waals surface area contributed by atoms with Gasteiger partial charge < -0.3 is 10.1 Å². The first-order chi connectivity index (χ1) is 11.7. The third-order valence-corrected chi connectivity index (χ3v) is 4.85. The maximum Gasteiger partial charge on any atom is 0.324 e. The van der Waals surface area contributed by atoms with Gasteiger partial charge in [-0.25, -0.2) is 5.01 Å². The third-order valence-electron chi connectivity index (χ3n) is 4.85. The number of para-hydroxylation sites is 1. The molecular formula is C18H25N3O3. The Morgan fingerprint density at radius 2 is 1.88 bits per heavy atom. The zero-order valence-corrected chi connectivity index (χ0v) is 14.1. The van der Waals surface area contributed by atoms with Crippen LogP contribution in [0.2, 0.25) is 0 Å². The van der Waals surface area contributed by atoms with Gasteiger partial charge in [-0.05, 0) is 50.9 Å². The SMILES string of the molecule is COC(=O)C1CCCN1N(C(=O)C1CCNCC1)c1ccccc1.